The zero-order chi connectivity index (χ0) is 9.36. The van der Waals surface area contributed by atoms with Gasteiger partial charge in [0.1, 0.15) is 0 Å². The van der Waals surface area contributed by atoms with Gasteiger partial charge < -0.3 is 19.9 Å². The average Bonchev–Trinajstić information content (AvgIpc) is 2.63. The van der Waals surface area contributed by atoms with Crippen molar-refractivity contribution >= 4 is 0 Å². The van der Waals surface area contributed by atoms with Crippen molar-refractivity contribution in [1.82, 2.24) is 5.32 Å². The van der Waals surface area contributed by atoms with Gasteiger partial charge in [-0.2, -0.15) is 0 Å². The summed E-state index contributed by atoms with van der Waals surface area (Å²) >= 11 is 0. The van der Waals surface area contributed by atoms with E-state index >= 15 is 0 Å². The van der Waals surface area contributed by atoms with Crippen LogP contribution in [0.25, 0.3) is 0 Å². The lowest BCUT2D eigenvalue weighted by Gasteiger charge is -2.08. The van der Waals surface area contributed by atoms with E-state index in [2.05, 4.69) is 5.32 Å². The zero-order valence-corrected chi connectivity index (χ0v) is 8.00. The molecule has 0 bridgehead atoms. The Bertz CT molecular complexity index is 115. The van der Waals surface area contributed by atoms with Crippen LogP contribution in [0.5, 0.6) is 0 Å². The van der Waals surface area contributed by atoms with Gasteiger partial charge in [0.25, 0.3) is 0 Å². The van der Waals surface area contributed by atoms with Crippen LogP contribution in [0, 0.1) is 5.92 Å². The van der Waals surface area contributed by atoms with Gasteiger partial charge in [0, 0.05) is 6.54 Å². The Kier molecular flexibility index (Phi) is 6.10. The molecule has 4 nitrogen and oxygen atoms in total. The van der Waals surface area contributed by atoms with E-state index in [1.807, 2.05) is 0 Å². The third kappa shape index (κ3) is 5.21. The van der Waals surface area contributed by atoms with Gasteiger partial charge in [0.2, 0.25) is 0 Å². The van der Waals surface area contributed by atoms with E-state index in [0.717, 1.165) is 19.7 Å². The summed E-state index contributed by atoms with van der Waals surface area (Å²) in [6.45, 7) is 4.75. The molecule has 0 aliphatic carbocycles. The van der Waals surface area contributed by atoms with Gasteiger partial charge >= 0.3 is 0 Å². The van der Waals surface area contributed by atoms with Gasteiger partial charge in [-0.1, -0.05) is 0 Å². The maximum atomic E-state index is 8.42. The molecule has 13 heavy (non-hydrogen) atoms. The predicted molar refractivity (Wildman–Crippen MR) is 49.7 cm³/mol. The summed E-state index contributed by atoms with van der Waals surface area (Å²) in [4.78, 5) is 0. The first-order valence-electron chi connectivity index (χ1n) is 4.90. The molecule has 1 aliphatic heterocycles. The fraction of sp³-hybridized carbons (Fsp3) is 1.00. The second-order valence-electron chi connectivity index (χ2n) is 3.27. The van der Waals surface area contributed by atoms with Crippen molar-refractivity contribution < 1.29 is 14.6 Å². The fourth-order valence-corrected chi connectivity index (χ4v) is 1.39. The van der Waals surface area contributed by atoms with Crippen LogP contribution in [0.4, 0.5) is 0 Å². The van der Waals surface area contributed by atoms with Gasteiger partial charge in [0.15, 0.2) is 0 Å². The van der Waals surface area contributed by atoms with Gasteiger partial charge in [-0.3, -0.25) is 0 Å². The number of hydrogen-bond donors (Lipinski definition) is 2. The summed E-state index contributed by atoms with van der Waals surface area (Å²) in [5.41, 5.74) is 0. The van der Waals surface area contributed by atoms with Crippen molar-refractivity contribution in [3.05, 3.63) is 0 Å². The highest BCUT2D eigenvalue weighted by Crippen LogP contribution is 2.06. The predicted octanol–water partition coefficient (Wildman–Crippen LogP) is -0.379. The highest BCUT2D eigenvalue weighted by molar-refractivity contribution is 4.69. The topological polar surface area (TPSA) is 50.7 Å². The molecule has 0 saturated carbocycles. The van der Waals surface area contributed by atoms with Crippen molar-refractivity contribution in [1.29, 1.82) is 0 Å². The third-order valence-electron chi connectivity index (χ3n) is 2.12. The second kappa shape index (κ2) is 7.26. The molecule has 0 aromatic heterocycles. The van der Waals surface area contributed by atoms with Crippen LogP contribution < -0.4 is 5.32 Å². The minimum atomic E-state index is 0.0898. The van der Waals surface area contributed by atoms with E-state index in [1.165, 1.54) is 6.42 Å². The summed E-state index contributed by atoms with van der Waals surface area (Å²) in [5.74, 6) is 0.679. The molecule has 1 heterocycles. The molecule has 1 unspecified atom stereocenters. The molecule has 1 atom stereocenters. The van der Waals surface area contributed by atoms with Gasteiger partial charge in [0.05, 0.1) is 33.0 Å². The molecular formula is C9H19NO3. The van der Waals surface area contributed by atoms with E-state index < -0.39 is 0 Å². The number of rotatable bonds is 7. The smallest absolute Gasteiger partial charge is 0.0701 e. The normalized spacial score (nSPS) is 22.4. The Labute approximate surface area is 79.2 Å². The standard InChI is InChI=1S/C9H19NO3/c11-3-4-12-5-6-13-8-9-1-2-10-7-9/h9-11H,1-8H2. The van der Waals surface area contributed by atoms with Crippen molar-refractivity contribution in [2.45, 2.75) is 6.42 Å². The lowest BCUT2D eigenvalue weighted by Crippen LogP contribution is -2.16. The first kappa shape index (κ1) is 10.9. The molecule has 0 aromatic carbocycles. The average molecular weight is 189 g/mol. The lowest BCUT2D eigenvalue weighted by atomic mass is 10.1. The number of aliphatic hydroxyl groups is 1. The first-order valence-corrected chi connectivity index (χ1v) is 4.90. The molecule has 1 fully saturated rings. The van der Waals surface area contributed by atoms with Crippen LogP contribution in [-0.4, -0.2) is 51.2 Å². The summed E-state index contributed by atoms with van der Waals surface area (Å²) in [5, 5.41) is 11.7. The largest absolute Gasteiger partial charge is 0.394 e. The summed E-state index contributed by atoms with van der Waals surface area (Å²) in [6.07, 6.45) is 1.22. The fourth-order valence-electron chi connectivity index (χ4n) is 1.39. The first-order chi connectivity index (χ1) is 6.43. The zero-order valence-electron chi connectivity index (χ0n) is 8.00. The highest BCUT2D eigenvalue weighted by Gasteiger charge is 2.13. The molecule has 0 aromatic rings. The molecule has 78 valence electrons. The van der Waals surface area contributed by atoms with Crippen LogP contribution in [0.2, 0.25) is 0 Å². The molecule has 0 amide bonds. The Hall–Kier alpha value is -0.160. The minimum absolute atomic E-state index is 0.0898. The monoisotopic (exact) mass is 189 g/mol. The Morgan fingerprint density at radius 2 is 2.08 bits per heavy atom. The number of aliphatic hydroxyl groups excluding tert-OH is 1. The Balaban J connectivity index is 1.78. The molecule has 1 rings (SSSR count). The highest BCUT2D eigenvalue weighted by atomic mass is 16.5. The van der Waals surface area contributed by atoms with E-state index in [-0.39, 0.29) is 6.61 Å². The number of nitrogens with one attached hydrogen (secondary N) is 1. The maximum Gasteiger partial charge on any atom is 0.0701 e. The summed E-state index contributed by atoms with van der Waals surface area (Å²) in [7, 11) is 0. The van der Waals surface area contributed by atoms with Gasteiger partial charge in [-0.15, -0.1) is 0 Å². The van der Waals surface area contributed by atoms with E-state index in [9.17, 15) is 0 Å². The molecule has 1 aliphatic rings. The quantitative estimate of drug-likeness (QED) is 0.536. The van der Waals surface area contributed by atoms with Crippen molar-refractivity contribution in [2.75, 3.05) is 46.1 Å². The SMILES string of the molecule is OCCOCCOCC1CCNC1. The molecule has 4 heteroatoms. The van der Waals surface area contributed by atoms with Crippen LogP contribution in [0.1, 0.15) is 6.42 Å². The van der Waals surface area contributed by atoms with Crippen LogP contribution in [-0.2, 0) is 9.47 Å². The summed E-state index contributed by atoms with van der Waals surface area (Å²) < 4.78 is 10.5. The van der Waals surface area contributed by atoms with Gasteiger partial charge in [-0.25, -0.2) is 0 Å². The minimum Gasteiger partial charge on any atom is -0.394 e. The van der Waals surface area contributed by atoms with Crippen molar-refractivity contribution in [3.8, 4) is 0 Å². The molecule has 0 radical (unpaired) electrons. The van der Waals surface area contributed by atoms with Crippen LogP contribution >= 0.6 is 0 Å². The van der Waals surface area contributed by atoms with E-state index in [4.69, 9.17) is 14.6 Å². The Morgan fingerprint density at radius 1 is 1.23 bits per heavy atom. The number of ether oxygens (including phenoxy) is 2. The van der Waals surface area contributed by atoms with E-state index in [0.29, 0.717) is 25.7 Å². The second-order valence-corrected chi connectivity index (χ2v) is 3.27. The van der Waals surface area contributed by atoms with Crippen LogP contribution in [0.15, 0.2) is 0 Å². The van der Waals surface area contributed by atoms with Crippen LogP contribution in [0.3, 0.4) is 0 Å². The van der Waals surface area contributed by atoms with Crippen molar-refractivity contribution in [3.63, 3.8) is 0 Å². The van der Waals surface area contributed by atoms with Gasteiger partial charge in [-0.05, 0) is 18.9 Å². The lowest BCUT2D eigenvalue weighted by molar-refractivity contribution is 0.0240. The molecule has 1 saturated heterocycles. The van der Waals surface area contributed by atoms with Crippen molar-refractivity contribution in [2.24, 2.45) is 5.92 Å². The Morgan fingerprint density at radius 3 is 2.77 bits per heavy atom. The molecule has 0 spiro atoms. The third-order valence-corrected chi connectivity index (χ3v) is 2.12. The molecule has 2 N–H and O–H groups in total. The van der Waals surface area contributed by atoms with E-state index in [1.54, 1.807) is 0 Å². The maximum absolute atomic E-state index is 8.42. The number of hydrogen-bond acceptors (Lipinski definition) is 4. The molecular weight excluding hydrogens is 170 g/mol. The summed E-state index contributed by atoms with van der Waals surface area (Å²) in [6, 6.07) is 0.